The van der Waals surface area contributed by atoms with E-state index >= 15 is 0 Å². The fourth-order valence-corrected chi connectivity index (χ4v) is 3.53. The van der Waals surface area contributed by atoms with Crippen LogP contribution >= 0.6 is 15.9 Å². The second-order valence-electron chi connectivity index (χ2n) is 5.81. The Labute approximate surface area is 144 Å². The van der Waals surface area contributed by atoms with E-state index in [1.54, 1.807) is 12.1 Å². The van der Waals surface area contributed by atoms with Crippen LogP contribution in [0.15, 0.2) is 22.7 Å². The van der Waals surface area contributed by atoms with E-state index in [1.807, 2.05) is 0 Å². The summed E-state index contributed by atoms with van der Waals surface area (Å²) in [7, 11) is -2.94. The molecule has 0 aliphatic carbocycles. The Morgan fingerprint density at radius 2 is 2.04 bits per heavy atom. The van der Waals surface area contributed by atoms with Crippen LogP contribution in [0.2, 0.25) is 0 Å². The molecular weight excluding hydrogens is 386 g/mol. The van der Waals surface area contributed by atoms with Gasteiger partial charge in [0.2, 0.25) is 0 Å². The molecule has 9 heteroatoms. The molecule has 1 fully saturated rings. The number of hydrogen-bond donors (Lipinski definition) is 1. The van der Waals surface area contributed by atoms with Gasteiger partial charge in [0.1, 0.15) is 15.5 Å². The molecule has 0 unspecified atom stereocenters. The molecule has 1 aliphatic rings. The lowest BCUT2D eigenvalue weighted by atomic mass is 10.0. The molecule has 1 aromatic rings. The molecule has 1 aliphatic heterocycles. The van der Waals surface area contributed by atoms with E-state index in [-0.39, 0.29) is 17.5 Å². The summed E-state index contributed by atoms with van der Waals surface area (Å²) in [4.78, 5) is 12.9. The van der Waals surface area contributed by atoms with Crippen molar-refractivity contribution in [2.45, 2.75) is 18.9 Å². The van der Waals surface area contributed by atoms with Crippen molar-refractivity contribution in [1.82, 2.24) is 4.90 Å². The van der Waals surface area contributed by atoms with E-state index in [1.165, 1.54) is 12.3 Å². The first-order valence-electron chi connectivity index (χ1n) is 7.35. The predicted molar refractivity (Wildman–Crippen MR) is 93.6 cm³/mol. The topological polar surface area (TPSA) is 92.6 Å². The first kappa shape index (κ1) is 18.2. The lowest BCUT2D eigenvalue weighted by Gasteiger charge is -2.32. The van der Waals surface area contributed by atoms with Crippen LogP contribution in [-0.4, -0.2) is 55.9 Å². The van der Waals surface area contributed by atoms with Crippen molar-refractivity contribution in [3.8, 4) is 0 Å². The Morgan fingerprint density at radius 1 is 1.39 bits per heavy atom. The largest absolute Gasteiger partial charge is 0.377 e. The van der Waals surface area contributed by atoms with Gasteiger partial charge in [0.15, 0.2) is 0 Å². The molecule has 128 valence electrons. The Balaban J connectivity index is 1.91. The summed E-state index contributed by atoms with van der Waals surface area (Å²) >= 11 is 3.24. The van der Waals surface area contributed by atoms with Gasteiger partial charge in [-0.15, -0.1) is 0 Å². The summed E-state index contributed by atoms with van der Waals surface area (Å²) in [6, 6.07) is 5.13. The molecular formula is C14H20BrN3O4S. The maximum absolute atomic E-state index is 11.2. The number of likely N-dealkylation sites (tertiary alicyclic amines) is 1. The van der Waals surface area contributed by atoms with Gasteiger partial charge in [0.25, 0.3) is 5.69 Å². The van der Waals surface area contributed by atoms with Crippen LogP contribution in [0.25, 0.3) is 0 Å². The first-order valence-corrected chi connectivity index (χ1v) is 10.2. The number of nitro benzene ring substituents is 1. The van der Waals surface area contributed by atoms with Crippen molar-refractivity contribution in [3.63, 3.8) is 0 Å². The fraction of sp³-hybridized carbons (Fsp3) is 0.571. The van der Waals surface area contributed by atoms with Crippen LogP contribution in [0, 0.1) is 10.1 Å². The molecule has 0 saturated carbocycles. The van der Waals surface area contributed by atoms with E-state index in [9.17, 15) is 18.5 Å². The number of rotatable bonds is 6. The Bertz CT molecular complexity index is 673. The van der Waals surface area contributed by atoms with Crippen LogP contribution in [0.5, 0.6) is 0 Å². The summed E-state index contributed by atoms with van der Waals surface area (Å²) in [5.41, 5.74) is 0.576. The summed E-state index contributed by atoms with van der Waals surface area (Å²) in [5.74, 6) is 0.170. The third-order valence-electron chi connectivity index (χ3n) is 3.88. The summed E-state index contributed by atoms with van der Waals surface area (Å²) < 4.78 is 23.1. The van der Waals surface area contributed by atoms with Crippen LogP contribution in [0.1, 0.15) is 12.8 Å². The number of anilines is 1. The molecule has 7 nitrogen and oxygen atoms in total. The molecule has 0 radical (unpaired) electrons. The minimum Gasteiger partial charge on any atom is -0.377 e. The summed E-state index contributed by atoms with van der Waals surface area (Å²) in [6.07, 6.45) is 2.90. The van der Waals surface area contributed by atoms with Gasteiger partial charge in [-0.2, -0.15) is 0 Å². The zero-order valence-corrected chi connectivity index (χ0v) is 15.3. The van der Waals surface area contributed by atoms with Crippen LogP contribution in [0.3, 0.4) is 0 Å². The fourth-order valence-electron chi connectivity index (χ4n) is 2.59. The average molecular weight is 406 g/mol. The van der Waals surface area contributed by atoms with Crippen LogP contribution < -0.4 is 5.32 Å². The van der Waals surface area contributed by atoms with E-state index in [4.69, 9.17) is 0 Å². The number of sulfone groups is 1. The molecule has 0 aromatic heterocycles. The number of nitrogens with zero attached hydrogens (tertiary/aromatic N) is 2. The number of hydrogen-bond acceptors (Lipinski definition) is 6. The lowest BCUT2D eigenvalue weighted by Crippen LogP contribution is -2.41. The lowest BCUT2D eigenvalue weighted by molar-refractivity contribution is -0.384. The second kappa shape index (κ2) is 7.59. The highest BCUT2D eigenvalue weighted by Crippen LogP contribution is 2.29. The maximum Gasteiger partial charge on any atom is 0.293 e. The molecule has 0 spiro atoms. The molecule has 0 amide bonds. The quantitative estimate of drug-likeness (QED) is 0.576. The second-order valence-corrected chi connectivity index (χ2v) is 8.98. The summed E-state index contributed by atoms with van der Waals surface area (Å²) in [5, 5.41) is 14.4. The average Bonchev–Trinajstić information content (AvgIpc) is 2.47. The van der Waals surface area contributed by atoms with E-state index < -0.39 is 14.8 Å². The number of halogens is 1. The number of benzene rings is 1. The van der Waals surface area contributed by atoms with Crippen molar-refractivity contribution in [2.75, 3.05) is 37.0 Å². The molecule has 2 rings (SSSR count). The number of nitro groups is 1. The molecule has 1 heterocycles. The van der Waals surface area contributed by atoms with Crippen molar-refractivity contribution in [1.29, 1.82) is 0 Å². The van der Waals surface area contributed by atoms with Crippen LogP contribution in [-0.2, 0) is 9.84 Å². The van der Waals surface area contributed by atoms with Gasteiger partial charge in [0, 0.05) is 42.5 Å². The number of nitrogens with one attached hydrogen (secondary N) is 1. The SMILES string of the molecule is CS(=O)(=O)CCN1CCC(Nc2ccc(Br)cc2[N+](=O)[O-])CC1. The molecule has 0 bridgehead atoms. The zero-order chi connectivity index (χ0) is 17.0. The third kappa shape index (κ3) is 5.74. The molecule has 1 saturated heterocycles. The van der Waals surface area contributed by atoms with Crippen molar-refractivity contribution >= 4 is 37.1 Å². The van der Waals surface area contributed by atoms with E-state index in [2.05, 4.69) is 26.1 Å². The molecule has 0 atom stereocenters. The summed E-state index contributed by atoms with van der Waals surface area (Å²) in [6.45, 7) is 2.12. The minimum absolute atomic E-state index is 0.0545. The van der Waals surface area contributed by atoms with Gasteiger partial charge in [-0.05, 0) is 25.0 Å². The molecule has 1 aromatic carbocycles. The Morgan fingerprint density at radius 3 is 2.61 bits per heavy atom. The van der Waals surface area contributed by atoms with E-state index in [0.717, 1.165) is 25.9 Å². The first-order chi connectivity index (χ1) is 10.7. The number of piperidine rings is 1. The van der Waals surface area contributed by atoms with Crippen molar-refractivity contribution in [3.05, 3.63) is 32.8 Å². The minimum atomic E-state index is -2.94. The van der Waals surface area contributed by atoms with Gasteiger partial charge < -0.3 is 10.2 Å². The maximum atomic E-state index is 11.2. The van der Waals surface area contributed by atoms with E-state index in [0.29, 0.717) is 16.7 Å². The highest BCUT2D eigenvalue weighted by atomic mass is 79.9. The molecule has 23 heavy (non-hydrogen) atoms. The van der Waals surface area contributed by atoms with Crippen molar-refractivity contribution < 1.29 is 13.3 Å². The van der Waals surface area contributed by atoms with Gasteiger partial charge in [-0.1, -0.05) is 15.9 Å². The van der Waals surface area contributed by atoms with Gasteiger partial charge >= 0.3 is 0 Å². The van der Waals surface area contributed by atoms with Gasteiger partial charge in [0.05, 0.1) is 10.7 Å². The molecule has 1 N–H and O–H groups in total. The highest BCUT2D eigenvalue weighted by molar-refractivity contribution is 9.10. The predicted octanol–water partition coefficient (Wildman–Crippen LogP) is 2.28. The van der Waals surface area contributed by atoms with Gasteiger partial charge in [-0.3, -0.25) is 10.1 Å². The Hall–Kier alpha value is -1.19. The normalized spacial score (nSPS) is 17.1. The third-order valence-corrected chi connectivity index (χ3v) is 5.30. The standard InChI is InChI=1S/C14H20BrN3O4S/c1-23(21,22)9-8-17-6-4-12(5-7-17)16-13-3-2-11(15)10-14(13)18(19)20/h2-3,10,12,16H,4-9H2,1H3. The Kier molecular flexibility index (Phi) is 5.99. The zero-order valence-electron chi connectivity index (χ0n) is 12.9. The van der Waals surface area contributed by atoms with Crippen LogP contribution in [0.4, 0.5) is 11.4 Å². The highest BCUT2D eigenvalue weighted by Gasteiger charge is 2.22. The smallest absolute Gasteiger partial charge is 0.293 e. The van der Waals surface area contributed by atoms with Gasteiger partial charge in [-0.25, -0.2) is 8.42 Å². The van der Waals surface area contributed by atoms with Crippen molar-refractivity contribution in [2.24, 2.45) is 0 Å². The monoisotopic (exact) mass is 405 g/mol.